The molecule has 7 nitrogen and oxygen atoms in total. The van der Waals surface area contributed by atoms with Gasteiger partial charge >= 0.3 is 0 Å². The highest BCUT2D eigenvalue weighted by atomic mass is 16.5. The first-order chi connectivity index (χ1) is 17.9. The molecule has 1 heterocycles. The van der Waals surface area contributed by atoms with Crippen molar-refractivity contribution in [3.63, 3.8) is 0 Å². The second kappa shape index (κ2) is 12.6. The van der Waals surface area contributed by atoms with Crippen LogP contribution in [0.1, 0.15) is 61.9 Å². The number of fused-ring (bicyclic) bond motifs is 1. The van der Waals surface area contributed by atoms with Crippen molar-refractivity contribution in [2.24, 2.45) is 11.8 Å². The molecule has 2 aromatic carbocycles. The molecule has 0 saturated heterocycles. The van der Waals surface area contributed by atoms with Crippen LogP contribution in [0.25, 0.3) is 0 Å². The Morgan fingerprint density at radius 3 is 2.57 bits per heavy atom. The normalized spacial score (nSPS) is 21.5. The second-order valence-corrected chi connectivity index (χ2v) is 10.8. The highest BCUT2D eigenvalue weighted by Gasteiger charge is 2.35. The van der Waals surface area contributed by atoms with E-state index in [1.54, 1.807) is 17.0 Å². The van der Waals surface area contributed by atoms with E-state index in [2.05, 4.69) is 36.3 Å². The predicted molar refractivity (Wildman–Crippen MR) is 146 cm³/mol. The fourth-order valence-electron chi connectivity index (χ4n) is 5.43. The Balaban J connectivity index is 1.63. The first-order valence-electron chi connectivity index (χ1n) is 13.6. The van der Waals surface area contributed by atoms with Gasteiger partial charge in [-0.15, -0.1) is 0 Å². The number of rotatable bonds is 8. The van der Waals surface area contributed by atoms with Crippen molar-refractivity contribution in [1.29, 1.82) is 0 Å². The lowest BCUT2D eigenvalue weighted by Crippen LogP contribution is -2.49. The molecule has 2 aromatic rings. The number of hydrogen-bond donors (Lipinski definition) is 2. The van der Waals surface area contributed by atoms with Crippen LogP contribution in [0.15, 0.2) is 48.5 Å². The molecule has 0 unspecified atom stereocenters. The largest absolute Gasteiger partial charge is 0.486 e. The fraction of sp³-hybridized carbons (Fsp3) is 0.533. The van der Waals surface area contributed by atoms with E-state index in [0.717, 1.165) is 32.2 Å². The van der Waals surface area contributed by atoms with Crippen molar-refractivity contribution in [3.05, 3.63) is 59.7 Å². The molecular formula is C30H41N3O4. The van der Waals surface area contributed by atoms with Crippen molar-refractivity contribution in [2.45, 2.75) is 64.6 Å². The van der Waals surface area contributed by atoms with Gasteiger partial charge in [0.1, 0.15) is 6.10 Å². The van der Waals surface area contributed by atoms with E-state index < -0.39 is 0 Å². The number of anilines is 1. The Hall–Kier alpha value is -2.90. The lowest BCUT2D eigenvalue weighted by Gasteiger charge is -2.38. The number of carbonyl (C=O) groups is 2. The average molecular weight is 508 g/mol. The molecule has 0 bridgehead atoms. The van der Waals surface area contributed by atoms with Gasteiger partial charge in [-0.1, -0.05) is 62.6 Å². The minimum Gasteiger partial charge on any atom is -0.486 e. The molecule has 1 saturated carbocycles. The third-order valence-corrected chi connectivity index (χ3v) is 7.71. The Morgan fingerprint density at radius 1 is 1.14 bits per heavy atom. The van der Waals surface area contributed by atoms with Crippen LogP contribution in [0.3, 0.4) is 0 Å². The molecule has 0 radical (unpaired) electrons. The van der Waals surface area contributed by atoms with E-state index in [0.29, 0.717) is 30.1 Å². The van der Waals surface area contributed by atoms with Crippen LogP contribution in [-0.4, -0.2) is 65.6 Å². The summed E-state index contributed by atoms with van der Waals surface area (Å²) in [5.41, 5.74) is 2.18. The predicted octanol–water partition coefficient (Wildman–Crippen LogP) is 4.56. The Bertz CT molecular complexity index is 1050. The van der Waals surface area contributed by atoms with Crippen molar-refractivity contribution in [2.75, 3.05) is 32.1 Å². The number of hydrogen-bond acceptors (Lipinski definition) is 5. The van der Waals surface area contributed by atoms with E-state index in [1.807, 2.05) is 31.2 Å². The van der Waals surface area contributed by atoms with Crippen LogP contribution in [0.4, 0.5) is 5.69 Å². The molecule has 1 fully saturated rings. The van der Waals surface area contributed by atoms with Gasteiger partial charge in [0.15, 0.2) is 5.75 Å². The van der Waals surface area contributed by atoms with Gasteiger partial charge in [-0.3, -0.25) is 14.5 Å². The summed E-state index contributed by atoms with van der Waals surface area (Å²) < 4.78 is 6.64. The molecule has 1 aliphatic heterocycles. The number of nitrogens with one attached hydrogen (secondary N) is 1. The van der Waals surface area contributed by atoms with Gasteiger partial charge in [0.25, 0.3) is 5.91 Å². The number of ether oxygens (including phenoxy) is 1. The number of likely N-dealkylation sites (N-methyl/N-ethyl adjacent to an activating group) is 1. The minimum atomic E-state index is -0.330. The van der Waals surface area contributed by atoms with Gasteiger partial charge in [0.05, 0.1) is 23.9 Å². The lowest BCUT2D eigenvalue weighted by atomic mass is 9.88. The molecule has 37 heavy (non-hydrogen) atoms. The third-order valence-electron chi connectivity index (χ3n) is 7.71. The quantitative estimate of drug-likeness (QED) is 0.548. The van der Waals surface area contributed by atoms with E-state index in [1.165, 1.54) is 12.0 Å². The molecule has 2 N–H and O–H groups in total. The Kier molecular flexibility index (Phi) is 9.22. The Labute approximate surface area is 220 Å². The van der Waals surface area contributed by atoms with Gasteiger partial charge in [0, 0.05) is 31.5 Å². The highest BCUT2D eigenvalue weighted by Crippen LogP contribution is 2.36. The van der Waals surface area contributed by atoms with Gasteiger partial charge in [-0.25, -0.2) is 0 Å². The molecule has 200 valence electrons. The summed E-state index contributed by atoms with van der Waals surface area (Å²) in [4.78, 5) is 30.8. The van der Waals surface area contributed by atoms with Crippen molar-refractivity contribution in [1.82, 2.24) is 9.80 Å². The zero-order valence-electron chi connectivity index (χ0n) is 22.4. The molecule has 3 atom stereocenters. The molecule has 0 aromatic heterocycles. The maximum Gasteiger partial charge on any atom is 0.258 e. The molecule has 2 aliphatic rings. The van der Waals surface area contributed by atoms with E-state index in [9.17, 15) is 14.7 Å². The van der Waals surface area contributed by atoms with Gasteiger partial charge in [-0.2, -0.15) is 0 Å². The molecule has 2 amide bonds. The van der Waals surface area contributed by atoms with Crippen molar-refractivity contribution < 1.29 is 19.4 Å². The van der Waals surface area contributed by atoms with Gasteiger partial charge in [-0.05, 0) is 44.5 Å². The molecular weight excluding hydrogens is 466 g/mol. The summed E-state index contributed by atoms with van der Waals surface area (Å²) >= 11 is 0. The standard InChI is InChI=1S/C30H41N3O4/c1-21-17-33(22(2)20-34)30(36)25-15-10-16-26(31-29(35)24-13-8-5-9-14-24)28(25)37-27(21)19-32(3)18-23-11-6-4-7-12-23/h4,6-7,10-12,15-16,21-22,24,27,34H,5,8-9,13-14,17-20H2,1-3H3,(H,31,35)/t21-,22-,27+/m1/s1. The first kappa shape index (κ1) is 27.1. The maximum atomic E-state index is 13.7. The lowest BCUT2D eigenvalue weighted by molar-refractivity contribution is -0.120. The Morgan fingerprint density at radius 2 is 1.86 bits per heavy atom. The molecule has 7 heteroatoms. The SMILES string of the molecule is C[C@@H]1CN([C@H](C)CO)C(=O)c2cccc(NC(=O)C3CCCCC3)c2O[C@H]1CN(C)Cc1ccccc1. The number of para-hydroxylation sites is 1. The second-order valence-electron chi connectivity index (χ2n) is 10.8. The summed E-state index contributed by atoms with van der Waals surface area (Å²) in [6.07, 6.45) is 4.89. The van der Waals surface area contributed by atoms with Crippen LogP contribution in [0, 0.1) is 11.8 Å². The van der Waals surface area contributed by atoms with Crippen molar-refractivity contribution >= 4 is 17.5 Å². The van der Waals surface area contributed by atoms with E-state index >= 15 is 0 Å². The summed E-state index contributed by atoms with van der Waals surface area (Å²) in [6, 6.07) is 15.3. The monoisotopic (exact) mass is 507 g/mol. The first-order valence-corrected chi connectivity index (χ1v) is 13.6. The van der Waals surface area contributed by atoms with Crippen LogP contribution < -0.4 is 10.1 Å². The minimum absolute atomic E-state index is 0.00224. The molecule has 4 rings (SSSR count). The van der Waals surface area contributed by atoms with E-state index in [4.69, 9.17) is 4.74 Å². The fourth-order valence-corrected chi connectivity index (χ4v) is 5.43. The van der Waals surface area contributed by atoms with Gasteiger partial charge < -0.3 is 20.1 Å². The number of aliphatic hydroxyl groups excluding tert-OH is 1. The smallest absolute Gasteiger partial charge is 0.258 e. The third kappa shape index (κ3) is 6.70. The number of benzene rings is 2. The van der Waals surface area contributed by atoms with Crippen LogP contribution in [0.5, 0.6) is 5.75 Å². The van der Waals surface area contributed by atoms with Crippen LogP contribution >= 0.6 is 0 Å². The van der Waals surface area contributed by atoms with Crippen LogP contribution in [-0.2, 0) is 11.3 Å². The maximum absolute atomic E-state index is 13.7. The zero-order valence-corrected chi connectivity index (χ0v) is 22.4. The molecule has 0 spiro atoms. The van der Waals surface area contributed by atoms with Gasteiger partial charge in [0.2, 0.25) is 5.91 Å². The summed E-state index contributed by atoms with van der Waals surface area (Å²) in [5.74, 6) is 0.236. The number of aliphatic hydroxyl groups is 1. The number of nitrogens with zero attached hydrogens (tertiary/aromatic N) is 2. The summed E-state index contributed by atoms with van der Waals surface area (Å²) in [6.45, 7) is 5.72. The molecule has 1 aliphatic carbocycles. The average Bonchev–Trinajstić information content (AvgIpc) is 2.91. The highest BCUT2D eigenvalue weighted by molar-refractivity contribution is 6.02. The summed E-state index contributed by atoms with van der Waals surface area (Å²) in [5, 5.41) is 13.0. The van der Waals surface area contributed by atoms with Crippen LogP contribution in [0.2, 0.25) is 0 Å². The van der Waals surface area contributed by atoms with E-state index in [-0.39, 0.29) is 42.4 Å². The zero-order chi connectivity index (χ0) is 26.4. The number of amides is 2. The summed E-state index contributed by atoms with van der Waals surface area (Å²) in [7, 11) is 2.07. The number of carbonyl (C=O) groups excluding carboxylic acids is 2. The topological polar surface area (TPSA) is 82.1 Å². The van der Waals surface area contributed by atoms with Crippen molar-refractivity contribution in [3.8, 4) is 5.75 Å².